The van der Waals surface area contributed by atoms with Gasteiger partial charge in [-0.2, -0.15) is 0 Å². The van der Waals surface area contributed by atoms with Crippen LogP contribution in [0.5, 0.6) is 0 Å². The van der Waals surface area contributed by atoms with Crippen molar-refractivity contribution in [2.75, 3.05) is 0 Å². The van der Waals surface area contributed by atoms with E-state index >= 15 is 0 Å². The maximum absolute atomic E-state index is 5.27. The van der Waals surface area contributed by atoms with Gasteiger partial charge in [0.2, 0.25) is 0 Å². The Labute approximate surface area is 124 Å². The van der Waals surface area contributed by atoms with Gasteiger partial charge in [-0.15, -0.1) is 11.3 Å². The molecule has 2 aromatic rings. The summed E-state index contributed by atoms with van der Waals surface area (Å²) >= 11 is 1.83. The quantitative estimate of drug-likeness (QED) is 0.602. The van der Waals surface area contributed by atoms with E-state index in [0.717, 1.165) is 24.2 Å². The standard InChI is InChI=1S/C9H10O.C9H10S/c2*1-7-3-2-4-8-5-6-10-9(7)8/h2*5-6H,1-4H2. The summed E-state index contributed by atoms with van der Waals surface area (Å²) in [6.07, 6.45) is 8.99. The maximum atomic E-state index is 5.27. The molecule has 2 aliphatic carbocycles. The van der Waals surface area contributed by atoms with Crippen LogP contribution in [-0.4, -0.2) is 0 Å². The average molecular weight is 284 g/mol. The van der Waals surface area contributed by atoms with Crippen LogP contribution >= 0.6 is 11.3 Å². The highest BCUT2D eigenvalue weighted by molar-refractivity contribution is 7.11. The maximum Gasteiger partial charge on any atom is 0.132 e. The van der Waals surface area contributed by atoms with Crippen LogP contribution in [0, 0.1) is 0 Å². The molecule has 4 rings (SSSR count). The van der Waals surface area contributed by atoms with Gasteiger partial charge in [-0.05, 0) is 78.3 Å². The van der Waals surface area contributed by atoms with Gasteiger partial charge in [0.05, 0.1) is 6.26 Å². The summed E-state index contributed by atoms with van der Waals surface area (Å²) in [6, 6.07) is 4.27. The van der Waals surface area contributed by atoms with Gasteiger partial charge in [0.15, 0.2) is 0 Å². The number of furan rings is 1. The minimum absolute atomic E-state index is 1.03. The van der Waals surface area contributed by atoms with Gasteiger partial charge in [-0.3, -0.25) is 0 Å². The Kier molecular flexibility index (Phi) is 3.93. The lowest BCUT2D eigenvalue weighted by Crippen LogP contribution is -1.96. The second kappa shape index (κ2) is 5.84. The Morgan fingerprint density at radius 2 is 1.65 bits per heavy atom. The third kappa shape index (κ3) is 2.66. The zero-order chi connectivity index (χ0) is 13.9. The van der Waals surface area contributed by atoms with Crippen molar-refractivity contribution in [3.63, 3.8) is 0 Å². The fraction of sp³-hybridized carbons (Fsp3) is 0.333. The first kappa shape index (κ1) is 13.4. The van der Waals surface area contributed by atoms with E-state index in [-0.39, 0.29) is 0 Å². The van der Waals surface area contributed by atoms with Gasteiger partial charge in [-0.25, -0.2) is 0 Å². The van der Waals surface area contributed by atoms with Crippen molar-refractivity contribution in [1.29, 1.82) is 0 Å². The lowest BCUT2D eigenvalue weighted by atomic mass is 9.95. The molecule has 2 aromatic heterocycles. The fourth-order valence-electron chi connectivity index (χ4n) is 2.90. The molecule has 0 N–H and O–H groups in total. The number of aryl methyl sites for hydroxylation is 2. The summed E-state index contributed by atoms with van der Waals surface area (Å²) < 4.78 is 5.27. The normalized spacial score (nSPS) is 17.0. The Hall–Kier alpha value is -1.54. The smallest absolute Gasteiger partial charge is 0.132 e. The molecule has 20 heavy (non-hydrogen) atoms. The third-order valence-electron chi connectivity index (χ3n) is 3.99. The van der Waals surface area contributed by atoms with E-state index in [2.05, 4.69) is 24.6 Å². The van der Waals surface area contributed by atoms with Crippen LogP contribution in [0.1, 0.15) is 47.4 Å². The molecular weight excluding hydrogens is 264 g/mol. The number of hydrogen-bond donors (Lipinski definition) is 0. The highest BCUT2D eigenvalue weighted by atomic mass is 32.1. The molecule has 2 heteroatoms. The number of fused-ring (bicyclic) bond motifs is 2. The van der Waals surface area contributed by atoms with Crippen LogP contribution in [0.3, 0.4) is 0 Å². The van der Waals surface area contributed by atoms with Crippen molar-refractivity contribution in [1.82, 2.24) is 0 Å². The molecule has 0 radical (unpaired) electrons. The molecule has 104 valence electrons. The van der Waals surface area contributed by atoms with Crippen LogP contribution in [0.4, 0.5) is 0 Å². The molecular formula is C18H20OS. The highest BCUT2D eigenvalue weighted by Crippen LogP contribution is 2.33. The van der Waals surface area contributed by atoms with Gasteiger partial charge in [0.1, 0.15) is 5.76 Å². The van der Waals surface area contributed by atoms with Crippen molar-refractivity contribution in [2.45, 2.75) is 38.5 Å². The summed E-state index contributed by atoms with van der Waals surface area (Å²) in [5.74, 6) is 1.03. The Bertz CT molecular complexity index is 573. The van der Waals surface area contributed by atoms with Gasteiger partial charge in [-0.1, -0.05) is 13.2 Å². The van der Waals surface area contributed by atoms with Gasteiger partial charge >= 0.3 is 0 Å². The zero-order valence-corrected chi connectivity index (χ0v) is 12.6. The van der Waals surface area contributed by atoms with Crippen LogP contribution < -0.4 is 0 Å². The summed E-state index contributed by atoms with van der Waals surface area (Å²) in [6.45, 7) is 7.97. The number of hydrogen-bond acceptors (Lipinski definition) is 2. The molecule has 1 nitrogen and oxygen atoms in total. The monoisotopic (exact) mass is 284 g/mol. The molecule has 0 aromatic carbocycles. The molecule has 0 saturated carbocycles. The van der Waals surface area contributed by atoms with E-state index in [1.807, 2.05) is 17.4 Å². The Morgan fingerprint density at radius 3 is 2.40 bits per heavy atom. The van der Waals surface area contributed by atoms with E-state index in [1.165, 1.54) is 47.3 Å². The van der Waals surface area contributed by atoms with Crippen LogP contribution in [0.25, 0.3) is 11.1 Å². The van der Waals surface area contributed by atoms with Crippen molar-refractivity contribution in [3.05, 3.63) is 58.7 Å². The summed E-state index contributed by atoms with van der Waals surface area (Å²) in [5, 5.41) is 2.17. The first-order valence-corrected chi connectivity index (χ1v) is 8.12. The largest absolute Gasteiger partial charge is 0.464 e. The molecule has 0 aliphatic heterocycles. The van der Waals surface area contributed by atoms with Crippen molar-refractivity contribution < 1.29 is 4.42 Å². The first-order chi connectivity index (χ1) is 9.75. The number of allylic oxidation sites excluding steroid dienone is 2. The van der Waals surface area contributed by atoms with E-state index in [0.29, 0.717) is 0 Å². The van der Waals surface area contributed by atoms with Crippen LogP contribution in [0.15, 0.2) is 41.4 Å². The van der Waals surface area contributed by atoms with Crippen LogP contribution in [0.2, 0.25) is 0 Å². The Morgan fingerprint density at radius 1 is 0.900 bits per heavy atom. The van der Waals surface area contributed by atoms with Crippen molar-refractivity contribution in [3.8, 4) is 0 Å². The number of rotatable bonds is 0. The fourth-order valence-corrected chi connectivity index (χ4v) is 3.86. The van der Waals surface area contributed by atoms with Crippen LogP contribution in [-0.2, 0) is 12.8 Å². The minimum Gasteiger partial charge on any atom is -0.464 e. The van der Waals surface area contributed by atoms with E-state index in [1.54, 1.807) is 6.26 Å². The van der Waals surface area contributed by atoms with Gasteiger partial charge < -0.3 is 4.42 Å². The van der Waals surface area contributed by atoms with E-state index in [4.69, 9.17) is 4.42 Å². The van der Waals surface area contributed by atoms with Gasteiger partial charge in [0.25, 0.3) is 0 Å². The van der Waals surface area contributed by atoms with E-state index in [9.17, 15) is 0 Å². The topological polar surface area (TPSA) is 13.1 Å². The molecule has 0 bridgehead atoms. The second-order valence-electron chi connectivity index (χ2n) is 5.46. The zero-order valence-electron chi connectivity index (χ0n) is 11.8. The molecule has 0 spiro atoms. The van der Waals surface area contributed by atoms with Gasteiger partial charge in [0, 0.05) is 4.88 Å². The lowest BCUT2D eigenvalue weighted by molar-refractivity contribution is 0.539. The molecule has 2 aliphatic rings. The van der Waals surface area contributed by atoms with E-state index < -0.39 is 0 Å². The highest BCUT2D eigenvalue weighted by Gasteiger charge is 2.14. The molecule has 0 saturated heterocycles. The minimum atomic E-state index is 1.03. The molecule has 0 unspecified atom stereocenters. The predicted octanol–water partition coefficient (Wildman–Crippen LogP) is 5.73. The molecule has 0 atom stereocenters. The first-order valence-electron chi connectivity index (χ1n) is 7.24. The summed E-state index contributed by atoms with van der Waals surface area (Å²) in [4.78, 5) is 1.45. The third-order valence-corrected chi connectivity index (χ3v) is 5.04. The summed E-state index contributed by atoms with van der Waals surface area (Å²) in [7, 11) is 0. The lowest BCUT2D eigenvalue weighted by Gasteiger charge is -2.12. The number of thiophene rings is 1. The second-order valence-corrected chi connectivity index (χ2v) is 6.38. The predicted molar refractivity (Wildman–Crippen MR) is 87.0 cm³/mol. The molecule has 0 fully saturated rings. The average Bonchev–Trinajstić information content (AvgIpc) is 3.08. The SMILES string of the molecule is C=C1CCCc2ccoc21.C=C1CCCc2ccsc21. The Balaban J connectivity index is 0.000000121. The molecule has 0 amide bonds. The summed E-state index contributed by atoms with van der Waals surface area (Å²) in [5.41, 5.74) is 5.35. The molecule has 2 heterocycles. The van der Waals surface area contributed by atoms with Crippen molar-refractivity contribution >= 4 is 22.5 Å². The van der Waals surface area contributed by atoms with Crippen molar-refractivity contribution in [2.24, 2.45) is 0 Å².